The zero-order chi connectivity index (χ0) is 23.0. The summed E-state index contributed by atoms with van der Waals surface area (Å²) in [6.07, 6.45) is 0.193. The van der Waals surface area contributed by atoms with Crippen molar-refractivity contribution in [3.8, 4) is 0 Å². The fourth-order valence-corrected chi connectivity index (χ4v) is 4.61. The second-order valence-corrected chi connectivity index (χ2v) is 8.84. The molecule has 2 amide bonds. The lowest BCUT2D eigenvalue weighted by atomic mass is 9.97. The Labute approximate surface area is 196 Å². The molecular formula is C26H34N4O3. The van der Waals surface area contributed by atoms with Crippen LogP contribution in [0.25, 0.3) is 0 Å². The lowest BCUT2D eigenvalue weighted by Gasteiger charge is -2.38. The van der Waals surface area contributed by atoms with Gasteiger partial charge in [0.1, 0.15) is 6.61 Å². The maximum Gasteiger partial charge on any atom is 0.251 e. The third kappa shape index (κ3) is 6.19. The van der Waals surface area contributed by atoms with E-state index in [1.54, 1.807) is 11.9 Å². The summed E-state index contributed by atoms with van der Waals surface area (Å²) in [7, 11) is 1.74. The quantitative estimate of drug-likeness (QED) is 0.623. The van der Waals surface area contributed by atoms with Gasteiger partial charge < -0.3 is 19.9 Å². The molecule has 2 fully saturated rings. The molecule has 2 aromatic carbocycles. The van der Waals surface area contributed by atoms with Crippen molar-refractivity contribution in [1.82, 2.24) is 20.0 Å². The summed E-state index contributed by atoms with van der Waals surface area (Å²) in [6.45, 7) is 6.74. The van der Waals surface area contributed by atoms with Crippen LogP contribution in [0.5, 0.6) is 0 Å². The Morgan fingerprint density at radius 3 is 2.30 bits per heavy atom. The molecule has 1 N–H and O–H groups in total. The highest BCUT2D eigenvalue weighted by Gasteiger charge is 2.39. The van der Waals surface area contributed by atoms with Crippen LogP contribution in [0, 0.1) is 0 Å². The first-order valence-electron chi connectivity index (χ1n) is 11.8. The Morgan fingerprint density at radius 1 is 0.970 bits per heavy atom. The molecule has 7 nitrogen and oxygen atoms in total. The fraction of sp³-hybridized carbons (Fsp3) is 0.462. The summed E-state index contributed by atoms with van der Waals surface area (Å²) in [4.78, 5) is 31.7. The normalized spacial score (nSPS) is 22.3. The van der Waals surface area contributed by atoms with Crippen LogP contribution in [0.15, 0.2) is 60.7 Å². The molecule has 0 unspecified atom stereocenters. The predicted molar refractivity (Wildman–Crippen MR) is 127 cm³/mol. The van der Waals surface area contributed by atoms with Crippen molar-refractivity contribution < 1.29 is 14.3 Å². The molecule has 2 aliphatic rings. The molecule has 2 saturated heterocycles. The minimum absolute atomic E-state index is 0.0643. The van der Waals surface area contributed by atoms with Crippen molar-refractivity contribution in [2.45, 2.75) is 25.1 Å². The van der Waals surface area contributed by atoms with Crippen molar-refractivity contribution in [2.75, 3.05) is 52.9 Å². The number of amides is 2. The average Bonchev–Trinajstić information content (AvgIpc) is 2.85. The van der Waals surface area contributed by atoms with Crippen molar-refractivity contribution in [3.05, 3.63) is 71.8 Å². The predicted octanol–water partition coefficient (Wildman–Crippen LogP) is 1.91. The van der Waals surface area contributed by atoms with Crippen LogP contribution in [0.1, 0.15) is 23.6 Å². The maximum absolute atomic E-state index is 12.9. The highest BCUT2D eigenvalue weighted by Crippen LogP contribution is 2.29. The number of hydrogen-bond donors (Lipinski definition) is 1. The molecule has 2 atom stereocenters. The fourth-order valence-electron chi connectivity index (χ4n) is 4.61. The van der Waals surface area contributed by atoms with Gasteiger partial charge in [-0.25, -0.2) is 0 Å². The molecule has 0 bridgehead atoms. The second kappa shape index (κ2) is 11.4. The Hall–Kier alpha value is -2.74. The molecular weight excluding hydrogens is 416 g/mol. The third-order valence-corrected chi connectivity index (χ3v) is 6.55. The average molecular weight is 451 g/mol. The molecule has 2 aromatic rings. The van der Waals surface area contributed by atoms with Gasteiger partial charge in [-0.1, -0.05) is 60.7 Å². The van der Waals surface area contributed by atoms with Gasteiger partial charge in [-0.2, -0.15) is 0 Å². The monoisotopic (exact) mass is 450 g/mol. The topological polar surface area (TPSA) is 65.1 Å². The molecule has 0 radical (unpaired) electrons. The Bertz CT molecular complexity index is 900. The second-order valence-electron chi connectivity index (χ2n) is 8.84. The van der Waals surface area contributed by atoms with E-state index in [9.17, 15) is 9.59 Å². The number of rotatable bonds is 8. The standard InChI is InChI=1S/C26H34N4O3/c1-28-23(31)20-33-25(24(28)22-11-6-3-7-12-22)26(32)27-13-8-14-29-15-17-30(18-16-29)19-21-9-4-2-5-10-21/h2-7,9-12,24-25H,8,13-20H2,1H3,(H,27,32)/t24-,25+/m0/s1. The maximum atomic E-state index is 12.9. The van der Waals surface area contributed by atoms with Crippen LogP contribution in [-0.2, 0) is 20.9 Å². The molecule has 2 aliphatic heterocycles. The van der Waals surface area contributed by atoms with Gasteiger partial charge in [0.25, 0.3) is 5.91 Å². The Kier molecular flexibility index (Phi) is 8.10. The van der Waals surface area contributed by atoms with Crippen LogP contribution in [0.3, 0.4) is 0 Å². The number of ether oxygens (including phenoxy) is 1. The van der Waals surface area contributed by atoms with Crippen LogP contribution in [0.2, 0.25) is 0 Å². The lowest BCUT2D eigenvalue weighted by molar-refractivity contribution is -0.162. The van der Waals surface area contributed by atoms with Gasteiger partial charge in [0.2, 0.25) is 5.91 Å². The summed E-state index contributed by atoms with van der Waals surface area (Å²) < 4.78 is 5.68. The van der Waals surface area contributed by atoms with Crippen LogP contribution in [0.4, 0.5) is 0 Å². The van der Waals surface area contributed by atoms with E-state index >= 15 is 0 Å². The van der Waals surface area contributed by atoms with Crippen molar-refractivity contribution in [2.24, 2.45) is 0 Å². The zero-order valence-corrected chi connectivity index (χ0v) is 19.4. The summed E-state index contributed by atoms with van der Waals surface area (Å²) in [5, 5.41) is 3.03. The number of hydrogen-bond acceptors (Lipinski definition) is 5. The van der Waals surface area contributed by atoms with Gasteiger partial charge in [0.05, 0.1) is 6.04 Å². The summed E-state index contributed by atoms with van der Waals surface area (Å²) in [5.41, 5.74) is 2.27. The smallest absolute Gasteiger partial charge is 0.251 e. The lowest BCUT2D eigenvalue weighted by Crippen LogP contribution is -2.53. The number of likely N-dealkylation sites (N-methyl/N-ethyl adjacent to an activating group) is 1. The van der Waals surface area contributed by atoms with Crippen LogP contribution >= 0.6 is 0 Å². The van der Waals surface area contributed by atoms with E-state index in [0.29, 0.717) is 6.54 Å². The molecule has 176 valence electrons. The van der Waals surface area contributed by atoms with E-state index in [-0.39, 0.29) is 18.4 Å². The zero-order valence-electron chi connectivity index (χ0n) is 19.4. The highest BCUT2D eigenvalue weighted by atomic mass is 16.5. The number of carbonyl (C=O) groups excluding carboxylic acids is 2. The van der Waals surface area contributed by atoms with Gasteiger partial charge in [-0.3, -0.25) is 14.5 Å². The molecule has 7 heteroatoms. The Balaban J connectivity index is 1.20. The molecule has 0 saturated carbocycles. The first-order chi connectivity index (χ1) is 16.1. The highest BCUT2D eigenvalue weighted by molar-refractivity contribution is 5.86. The molecule has 0 spiro atoms. The molecule has 4 rings (SSSR count). The van der Waals surface area contributed by atoms with Crippen LogP contribution in [-0.4, -0.2) is 85.5 Å². The number of benzene rings is 2. The van der Waals surface area contributed by atoms with Gasteiger partial charge in [0, 0.05) is 46.3 Å². The van der Waals surface area contributed by atoms with Gasteiger partial charge in [-0.05, 0) is 24.1 Å². The number of morpholine rings is 1. The van der Waals surface area contributed by atoms with E-state index < -0.39 is 12.1 Å². The molecule has 2 heterocycles. The number of nitrogens with one attached hydrogen (secondary N) is 1. The summed E-state index contributed by atoms with van der Waals surface area (Å²) >= 11 is 0. The van der Waals surface area contributed by atoms with Crippen molar-refractivity contribution >= 4 is 11.8 Å². The third-order valence-electron chi connectivity index (χ3n) is 6.55. The van der Waals surface area contributed by atoms with E-state index in [2.05, 4.69) is 45.4 Å². The Morgan fingerprint density at radius 2 is 1.61 bits per heavy atom. The van der Waals surface area contributed by atoms with E-state index in [1.807, 2.05) is 30.3 Å². The summed E-state index contributed by atoms with van der Waals surface area (Å²) in [6, 6.07) is 19.8. The minimum atomic E-state index is -0.698. The molecule has 0 aliphatic carbocycles. The SMILES string of the molecule is CN1C(=O)CO[C@@H](C(=O)NCCCN2CCN(Cc3ccccc3)CC2)[C@@H]1c1ccccc1. The van der Waals surface area contributed by atoms with E-state index in [0.717, 1.165) is 51.3 Å². The van der Waals surface area contributed by atoms with Gasteiger partial charge >= 0.3 is 0 Å². The number of piperazine rings is 1. The minimum Gasteiger partial charge on any atom is -0.356 e. The van der Waals surface area contributed by atoms with Crippen molar-refractivity contribution in [1.29, 1.82) is 0 Å². The van der Waals surface area contributed by atoms with E-state index in [1.165, 1.54) is 5.56 Å². The largest absolute Gasteiger partial charge is 0.356 e. The molecule has 0 aromatic heterocycles. The van der Waals surface area contributed by atoms with Gasteiger partial charge in [0.15, 0.2) is 6.10 Å². The van der Waals surface area contributed by atoms with Gasteiger partial charge in [-0.15, -0.1) is 0 Å². The van der Waals surface area contributed by atoms with Crippen molar-refractivity contribution in [3.63, 3.8) is 0 Å². The number of nitrogens with zero attached hydrogens (tertiary/aromatic N) is 3. The molecule has 33 heavy (non-hydrogen) atoms. The first kappa shape index (κ1) is 23.4. The van der Waals surface area contributed by atoms with E-state index in [4.69, 9.17) is 4.74 Å². The number of carbonyl (C=O) groups is 2. The summed E-state index contributed by atoms with van der Waals surface area (Å²) in [5.74, 6) is -0.268. The van der Waals surface area contributed by atoms with Crippen LogP contribution < -0.4 is 5.32 Å². The first-order valence-corrected chi connectivity index (χ1v) is 11.8.